The third kappa shape index (κ3) is 4.68. The minimum absolute atomic E-state index is 0.000720. The van der Waals surface area contributed by atoms with Crippen LogP contribution >= 0.6 is 0 Å². The first kappa shape index (κ1) is 22.5. The molecule has 8 nitrogen and oxygen atoms in total. The number of methoxy groups -OCH3 is 1. The first-order chi connectivity index (χ1) is 16.6. The summed E-state index contributed by atoms with van der Waals surface area (Å²) >= 11 is 0. The molecule has 0 unspecified atom stereocenters. The molecular formula is C26H31N3O5. The Hall–Kier alpha value is -3.26. The Morgan fingerprint density at radius 2 is 1.76 bits per heavy atom. The number of benzene rings is 2. The first-order valence-electron chi connectivity index (χ1n) is 12.0. The van der Waals surface area contributed by atoms with Crippen molar-refractivity contribution in [3.63, 3.8) is 0 Å². The number of hydrogen-bond acceptors (Lipinski definition) is 6. The van der Waals surface area contributed by atoms with Crippen molar-refractivity contribution in [2.45, 2.75) is 31.7 Å². The van der Waals surface area contributed by atoms with Crippen LogP contribution in [0, 0.1) is 5.92 Å². The second-order valence-electron chi connectivity index (χ2n) is 9.11. The molecule has 2 fully saturated rings. The minimum Gasteiger partial charge on any atom is -0.497 e. The van der Waals surface area contributed by atoms with E-state index in [1.807, 2.05) is 41.3 Å². The van der Waals surface area contributed by atoms with Crippen molar-refractivity contribution in [3.8, 4) is 17.2 Å². The van der Waals surface area contributed by atoms with Gasteiger partial charge in [-0.05, 0) is 49.1 Å². The van der Waals surface area contributed by atoms with Gasteiger partial charge in [0.05, 0.1) is 13.2 Å². The van der Waals surface area contributed by atoms with Crippen LogP contribution in [0.25, 0.3) is 0 Å². The van der Waals surface area contributed by atoms with Crippen molar-refractivity contribution in [2.24, 2.45) is 5.92 Å². The summed E-state index contributed by atoms with van der Waals surface area (Å²) in [5, 5.41) is 3.11. The summed E-state index contributed by atoms with van der Waals surface area (Å²) in [6.07, 6.45) is 4.43. The number of carbonyl (C=O) groups is 2. The van der Waals surface area contributed by atoms with Gasteiger partial charge in [0.1, 0.15) is 5.75 Å². The number of amides is 2. The zero-order chi connectivity index (χ0) is 23.5. The Morgan fingerprint density at radius 3 is 2.53 bits per heavy atom. The van der Waals surface area contributed by atoms with Gasteiger partial charge in [-0.1, -0.05) is 18.9 Å². The highest BCUT2D eigenvalue weighted by Crippen LogP contribution is 2.35. The molecule has 8 heteroatoms. The number of ether oxygens (including phenoxy) is 3. The Bertz CT molecular complexity index is 1040. The number of fused-ring (bicyclic) bond motifs is 1. The summed E-state index contributed by atoms with van der Waals surface area (Å²) in [6.45, 7) is 2.74. The number of nitrogens with zero attached hydrogens (tertiary/aromatic N) is 2. The smallest absolute Gasteiger partial charge is 0.254 e. The fourth-order valence-electron chi connectivity index (χ4n) is 5.28. The van der Waals surface area contributed by atoms with Gasteiger partial charge in [-0.15, -0.1) is 0 Å². The lowest BCUT2D eigenvalue weighted by Crippen LogP contribution is -2.56. The highest BCUT2D eigenvalue weighted by Gasteiger charge is 2.37. The summed E-state index contributed by atoms with van der Waals surface area (Å²) < 4.78 is 16.1. The van der Waals surface area contributed by atoms with E-state index in [9.17, 15) is 9.59 Å². The number of carbonyl (C=O) groups excluding carboxylic acids is 2. The van der Waals surface area contributed by atoms with Crippen LogP contribution in [-0.2, 0) is 4.79 Å². The Labute approximate surface area is 199 Å². The van der Waals surface area contributed by atoms with Crippen LogP contribution in [0.3, 0.4) is 0 Å². The molecule has 1 saturated heterocycles. The van der Waals surface area contributed by atoms with E-state index < -0.39 is 0 Å². The minimum atomic E-state index is -0.206. The van der Waals surface area contributed by atoms with E-state index in [2.05, 4.69) is 10.2 Å². The van der Waals surface area contributed by atoms with Gasteiger partial charge in [-0.3, -0.25) is 14.5 Å². The third-order valence-corrected chi connectivity index (χ3v) is 7.07. The molecule has 1 saturated carbocycles. The van der Waals surface area contributed by atoms with Gasteiger partial charge in [0.15, 0.2) is 11.5 Å². The van der Waals surface area contributed by atoms with Gasteiger partial charge in [-0.2, -0.15) is 0 Å². The van der Waals surface area contributed by atoms with Gasteiger partial charge in [0.2, 0.25) is 12.7 Å². The second-order valence-corrected chi connectivity index (χ2v) is 9.11. The summed E-state index contributed by atoms with van der Waals surface area (Å²) in [7, 11) is 1.60. The molecule has 2 heterocycles. The topological polar surface area (TPSA) is 80.3 Å². The lowest BCUT2D eigenvalue weighted by Gasteiger charge is -2.40. The van der Waals surface area contributed by atoms with E-state index in [1.54, 1.807) is 13.2 Å². The van der Waals surface area contributed by atoms with Crippen LogP contribution in [0.15, 0.2) is 42.5 Å². The van der Waals surface area contributed by atoms with Crippen LogP contribution in [0.4, 0.5) is 5.69 Å². The van der Waals surface area contributed by atoms with Gasteiger partial charge >= 0.3 is 0 Å². The van der Waals surface area contributed by atoms with Crippen molar-refractivity contribution in [1.82, 2.24) is 9.80 Å². The molecule has 2 amide bonds. The monoisotopic (exact) mass is 465 g/mol. The molecule has 0 bridgehead atoms. The van der Waals surface area contributed by atoms with E-state index in [-0.39, 0.29) is 24.6 Å². The molecule has 3 aliphatic rings. The van der Waals surface area contributed by atoms with Gasteiger partial charge in [-0.25, -0.2) is 0 Å². The van der Waals surface area contributed by atoms with Gasteiger partial charge in [0, 0.05) is 43.5 Å². The zero-order valence-corrected chi connectivity index (χ0v) is 19.5. The van der Waals surface area contributed by atoms with Crippen LogP contribution < -0.4 is 19.5 Å². The highest BCUT2D eigenvalue weighted by molar-refractivity contribution is 5.96. The maximum atomic E-state index is 13.5. The molecule has 5 rings (SSSR count). The van der Waals surface area contributed by atoms with Crippen LogP contribution in [-0.4, -0.2) is 67.7 Å². The van der Waals surface area contributed by atoms with Crippen molar-refractivity contribution in [3.05, 3.63) is 48.0 Å². The largest absolute Gasteiger partial charge is 0.497 e. The average molecular weight is 466 g/mol. The molecule has 180 valence electrons. The second kappa shape index (κ2) is 9.93. The van der Waals surface area contributed by atoms with Crippen LogP contribution in [0.1, 0.15) is 36.0 Å². The normalized spacial score (nSPS) is 19.1. The Balaban J connectivity index is 1.26. The molecule has 2 aromatic rings. The van der Waals surface area contributed by atoms with Crippen LogP contribution in [0.5, 0.6) is 17.2 Å². The number of anilines is 1. The Kier molecular flexibility index (Phi) is 6.58. The van der Waals surface area contributed by atoms with E-state index in [4.69, 9.17) is 14.2 Å². The van der Waals surface area contributed by atoms with E-state index in [0.29, 0.717) is 60.6 Å². The average Bonchev–Trinajstić information content (AvgIpc) is 3.56. The quantitative estimate of drug-likeness (QED) is 0.705. The predicted octanol–water partition coefficient (Wildman–Crippen LogP) is 3.38. The van der Waals surface area contributed by atoms with Crippen molar-refractivity contribution >= 4 is 17.5 Å². The van der Waals surface area contributed by atoms with Gasteiger partial charge < -0.3 is 24.4 Å². The lowest BCUT2D eigenvalue weighted by atomic mass is 9.94. The molecule has 34 heavy (non-hydrogen) atoms. The molecule has 0 aromatic heterocycles. The molecule has 2 aromatic carbocycles. The summed E-state index contributed by atoms with van der Waals surface area (Å²) in [5.74, 6) is 2.36. The number of hydrogen-bond donors (Lipinski definition) is 1. The maximum Gasteiger partial charge on any atom is 0.254 e. The fraction of sp³-hybridized carbons (Fsp3) is 0.462. The standard InChI is InChI=1S/C26H31N3O5/c1-32-21-8-4-7-19(15-21)26(31)29-13-11-28(12-14-29)24(18-5-2-3-6-18)25(30)27-20-9-10-22-23(16-20)34-17-33-22/h4,7-10,15-16,18,24H,2-3,5-6,11-14,17H2,1H3,(H,27,30)/t24-/m1/s1. The Morgan fingerprint density at radius 1 is 1.00 bits per heavy atom. The predicted molar refractivity (Wildman–Crippen MR) is 127 cm³/mol. The van der Waals surface area contributed by atoms with Crippen molar-refractivity contribution < 1.29 is 23.8 Å². The number of piperazine rings is 1. The summed E-state index contributed by atoms with van der Waals surface area (Å²) in [4.78, 5) is 30.6. The van der Waals surface area contributed by atoms with E-state index in [0.717, 1.165) is 25.7 Å². The van der Waals surface area contributed by atoms with E-state index >= 15 is 0 Å². The fourth-order valence-corrected chi connectivity index (χ4v) is 5.28. The van der Waals surface area contributed by atoms with Crippen molar-refractivity contribution in [1.29, 1.82) is 0 Å². The molecule has 0 radical (unpaired) electrons. The third-order valence-electron chi connectivity index (χ3n) is 7.07. The van der Waals surface area contributed by atoms with Crippen molar-refractivity contribution in [2.75, 3.05) is 45.4 Å². The lowest BCUT2D eigenvalue weighted by molar-refractivity contribution is -0.123. The van der Waals surface area contributed by atoms with E-state index in [1.165, 1.54) is 0 Å². The molecule has 1 N–H and O–H groups in total. The maximum absolute atomic E-state index is 13.5. The van der Waals surface area contributed by atoms with Gasteiger partial charge in [0.25, 0.3) is 5.91 Å². The number of nitrogens with one attached hydrogen (secondary N) is 1. The molecule has 1 atom stereocenters. The molecular weight excluding hydrogens is 434 g/mol. The summed E-state index contributed by atoms with van der Waals surface area (Å²) in [5.41, 5.74) is 1.34. The zero-order valence-electron chi connectivity index (χ0n) is 19.5. The number of rotatable bonds is 6. The molecule has 2 aliphatic heterocycles. The SMILES string of the molecule is COc1cccc(C(=O)N2CCN([C@@H](C(=O)Nc3ccc4c(c3)OCO4)C3CCCC3)CC2)c1. The van der Waals surface area contributed by atoms with Crippen LogP contribution in [0.2, 0.25) is 0 Å². The molecule has 0 spiro atoms. The highest BCUT2D eigenvalue weighted by atomic mass is 16.7. The molecule has 1 aliphatic carbocycles. The first-order valence-corrected chi connectivity index (χ1v) is 12.0. The summed E-state index contributed by atoms with van der Waals surface area (Å²) in [6, 6.07) is 12.5.